The third-order valence-corrected chi connectivity index (χ3v) is 2.45. The minimum Gasteiger partial charge on any atom is -0.480 e. The van der Waals surface area contributed by atoms with Crippen LogP contribution in [0, 0.1) is 5.92 Å². The number of carboxylic acids is 1. The summed E-state index contributed by atoms with van der Waals surface area (Å²) < 4.78 is 4.14. The smallest absolute Gasteiger partial charge is 0.325 e. The van der Waals surface area contributed by atoms with Crippen LogP contribution in [0.5, 0.6) is 0 Å². The summed E-state index contributed by atoms with van der Waals surface area (Å²) in [5.74, 6) is 0.384. The molecule has 2 N–H and O–H groups in total. The fourth-order valence-electron chi connectivity index (χ4n) is 1.01. The highest BCUT2D eigenvalue weighted by molar-refractivity contribution is 7.09. The molecule has 0 spiro atoms. The largest absolute Gasteiger partial charge is 0.480 e. The standard InChI is InChI=1S/C9H15N3O2S/c1-5(2)4-7-11-9(15-12-7)10-6(3)8(13)14/h5-6H,4H2,1-3H3,(H,13,14)(H,10,11,12)/t6-/m0/s1. The molecule has 0 amide bonds. The van der Waals surface area contributed by atoms with Gasteiger partial charge in [-0.2, -0.15) is 4.37 Å². The normalized spacial score (nSPS) is 12.8. The monoisotopic (exact) mass is 229 g/mol. The number of aliphatic carboxylic acids is 1. The van der Waals surface area contributed by atoms with Gasteiger partial charge in [-0.05, 0) is 12.8 Å². The lowest BCUT2D eigenvalue weighted by Crippen LogP contribution is -2.25. The zero-order valence-corrected chi connectivity index (χ0v) is 9.84. The topological polar surface area (TPSA) is 75.1 Å². The molecule has 6 heteroatoms. The summed E-state index contributed by atoms with van der Waals surface area (Å²) in [5.41, 5.74) is 0. The van der Waals surface area contributed by atoms with Crippen LogP contribution in [0.25, 0.3) is 0 Å². The third kappa shape index (κ3) is 3.83. The number of hydrogen-bond donors (Lipinski definition) is 2. The predicted octanol–water partition coefficient (Wildman–Crippen LogP) is 1.62. The lowest BCUT2D eigenvalue weighted by atomic mass is 10.1. The van der Waals surface area contributed by atoms with Crippen molar-refractivity contribution >= 4 is 22.6 Å². The lowest BCUT2D eigenvalue weighted by Gasteiger charge is -2.05. The van der Waals surface area contributed by atoms with Crippen LogP contribution in [-0.4, -0.2) is 26.5 Å². The summed E-state index contributed by atoms with van der Waals surface area (Å²) in [4.78, 5) is 14.8. The van der Waals surface area contributed by atoms with Crippen LogP contribution in [0.15, 0.2) is 0 Å². The number of aromatic nitrogens is 2. The van der Waals surface area contributed by atoms with Crippen LogP contribution < -0.4 is 5.32 Å². The van der Waals surface area contributed by atoms with Crippen molar-refractivity contribution in [2.75, 3.05) is 5.32 Å². The molecular weight excluding hydrogens is 214 g/mol. The van der Waals surface area contributed by atoms with E-state index in [-0.39, 0.29) is 0 Å². The number of anilines is 1. The van der Waals surface area contributed by atoms with E-state index in [1.54, 1.807) is 6.92 Å². The number of hydrogen-bond acceptors (Lipinski definition) is 5. The molecule has 0 unspecified atom stereocenters. The molecule has 0 saturated heterocycles. The quantitative estimate of drug-likeness (QED) is 0.802. The predicted molar refractivity (Wildman–Crippen MR) is 59.2 cm³/mol. The van der Waals surface area contributed by atoms with E-state index in [0.29, 0.717) is 11.0 Å². The van der Waals surface area contributed by atoms with E-state index in [4.69, 9.17) is 5.11 Å². The minimum atomic E-state index is -0.893. The average molecular weight is 229 g/mol. The molecule has 0 aromatic carbocycles. The molecule has 1 aromatic heterocycles. The van der Waals surface area contributed by atoms with Gasteiger partial charge in [0.15, 0.2) is 0 Å². The average Bonchev–Trinajstić information content (AvgIpc) is 2.51. The van der Waals surface area contributed by atoms with Crippen molar-refractivity contribution in [3.05, 3.63) is 5.82 Å². The summed E-state index contributed by atoms with van der Waals surface area (Å²) >= 11 is 1.20. The fourth-order valence-corrected chi connectivity index (χ4v) is 1.69. The van der Waals surface area contributed by atoms with Crippen molar-refractivity contribution in [2.24, 2.45) is 5.92 Å². The summed E-state index contributed by atoms with van der Waals surface area (Å²) in [7, 11) is 0. The van der Waals surface area contributed by atoms with Crippen LogP contribution in [0.2, 0.25) is 0 Å². The van der Waals surface area contributed by atoms with Gasteiger partial charge in [0.2, 0.25) is 5.13 Å². The first kappa shape index (κ1) is 11.9. The maximum atomic E-state index is 10.6. The summed E-state index contributed by atoms with van der Waals surface area (Å²) in [5, 5.41) is 12.0. The molecule has 1 heterocycles. The molecule has 1 rings (SSSR count). The van der Waals surface area contributed by atoms with Gasteiger partial charge in [0.25, 0.3) is 0 Å². The Kier molecular flexibility index (Phi) is 4.02. The Bertz CT molecular complexity index is 338. The molecule has 0 fully saturated rings. The Morgan fingerprint density at radius 1 is 1.53 bits per heavy atom. The summed E-state index contributed by atoms with van der Waals surface area (Å²) in [6.07, 6.45) is 0.819. The van der Waals surface area contributed by atoms with E-state index in [0.717, 1.165) is 12.2 Å². The molecule has 15 heavy (non-hydrogen) atoms. The molecule has 1 atom stereocenters. The van der Waals surface area contributed by atoms with E-state index in [2.05, 4.69) is 28.5 Å². The number of carboxylic acid groups (broad SMARTS) is 1. The molecule has 0 aliphatic heterocycles. The number of rotatable bonds is 5. The highest BCUT2D eigenvalue weighted by Crippen LogP contribution is 2.14. The van der Waals surface area contributed by atoms with E-state index in [1.807, 2.05) is 0 Å². The zero-order chi connectivity index (χ0) is 11.4. The second-order valence-electron chi connectivity index (χ2n) is 3.82. The lowest BCUT2D eigenvalue weighted by molar-refractivity contribution is -0.137. The minimum absolute atomic E-state index is 0.504. The van der Waals surface area contributed by atoms with Crippen molar-refractivity contribution in [3.63, 3.8) is 0 Å². The summed E-state index contributed by atoms with van der Waals surface area (Å²) in [6.45, 7) is 5.76. The van der Waals surface area contributed by atoms with Crippen molar-refractivity contribution < 1.29 is 9.90 Å². The van der Waals surface area contributed by atoms with Gasteiger partial charge in [0.1, 0.15) is 11.9 Å². The number of carbonyl (C=O) groups is 1. The Hall–Kier alpha value is -1.17. The Labute approximate surface area is 92.7 Å². The van der Waals surface area contributed by atoms with Crippen molar-refractivity contribution in [1.29, 1.82) is 0 Å². The maximum absolute atomic E-state index is 10.6. The van der Waals surface area contributed by atoms with E-state index in [9.17, 15) is 4.79 Å². The van der Waals surface area contributed by atoms with Crippen LogP contribution in [0.3, 0.4) is 0 Å². The first-order valence-electron chi connectivity index (χ1n) is 4.81. The Morgan fingerprint density at radius 2 is 2.20 bits per heavy atom. The van der Waals surface area contributed by atoms with Gasteiger partial charge in [0, 0.05) is 18.0 Å². The molecule has 0 bridgehead atoms. The van der Waals surface area contributed by atoms with Crippen LogP contribution in [0.4, 0.5) is 5.13 Å². The Balaban J connectivity index is 2.56. The first-order chi connectivity index (χ1) is 6.99. The third-order valence-electron chi connectivity index (χ3n) is 1.77. The van der Waals surface area contributed by atoms with Crippen LogP contribution in [-0.2, 0) is 11.2 Å². The second-order valence-corrected chi connectivity index (χ2v) is 4.57. The SMILES string of the molecule is CC(C)Cc1nsc(N[C@@H](C)C(=O)O)n1. The van der Waals surface area contributed by atoms with Crippen LogP contribution >= 0.6 is 11.5 Å². The van der Waals surface area contributed by atoms with Gasteiger partial charge < -0.3 is 10.4 Å². The molecule has 5 nitrogen and oxygen atoms in total. The van der Waals surface area contributed by atoms with Crippen molar-refractivity contribution in [1.82, 2.24) is 9.36 Å². The number of nitrogens with zero attached hydrogens (tertiary/aromatic N) is 2. The fraction of sp³-hybridized carbons (Fsp3) is 0.667. The Morgan fingerprint density at radius 3 is 2.73 bits per heavy atom. The molecule has 0 aliphatic carbocycles. The summed E-state index contributed by atoms with van der Waals surface area (Å²) in [6, 6.07) is -0.634. The molecule has 0 aliphatic rings. The van der Waals surface area contributed by atoms with Gasteiger partial charge >= 0.3 is 5.97 Å². The van der Waals surface area contributed by atoms with Gasteiger partial charge in [-0.1, -0.05) is 13.8 Å². The van der Waals surface area contributed by atoms with E-state index in [1.165, 1.54) is 11.5 Å². The second kappa shape index (κ2) is 5.06. The highest BCUT2D eigenvalue weighted by Gasteiger charge is 2.13. The first-order valence-corrected chi connectivity index (χ1v) is 5.58. The van der Waals surface area contributed by atoms with Gasteiger partial charge in [-0.15, -0.1) is 0 Å². The van der Waals surface area contributed by atoms with Crippen molar-refractivity contribution in [3.8, 4) is 0 Å². The van der Waals surface area contributed by atoms with Gasteiger partial charge in [0.05, 0.1) is 0 Å². The number of nitrogens with one attached hydrogen (secondary N) is 1. The van der Waals surface area contributed by atoms with Gasteiger partial charge in [-0.25, -0.2) is 4.98 Å². The molecule has 84 valence electrons. The van der Waals surface area contributed by atoms with Crippen LogP contribution in [0.1, 0.15) is 26.6 Å². The van der Waals surface area contributed by atoms with E-state index >= 15 is 0 Å². The zero-order valence-electron chi connectivity index (χ0n) is 9.02. The maximum Gasteiger partial charge on any atom is 0.325 e. The molecule has 1 aromatic rings. The molecule has 0 saturated carbocycles. The molecule has 0 radical (unpaired) electrons. The molecular formula is C9H15N3O2S. The highest BCUT2D eigenvalue weighted by atomic mass is 32.1. The van der Waals surface area contributed by atoms with Crippen molar-refractivity contribution in [2.45, 2.75) is 33.2 Å². The van der Waals surface area contributed by atoms with E-state index < -0.39 is 12.0 Å². The van der Waals surface area contributed by atoms with Gasteiger partial charge in [-0.3, -0.25) is 4.79 Å².